The lowest BCUT2D eigenvalue weighted by Crippen LogP contribution is -2.39. The second-order valence-electron chi connectivity index (χ2n) is 5.95. The Morgan fingerprint density at radius 3 is 2.57 bits per heavy atom. The number of phenolic OH excluding ortho intramolecular Hbond substituents is 1. The second kappa shape index (κ2) is 8.62. The molecule has 28 heavy (non-hydrogen) atoms. The minimum atomic E-state index is -0.558. The molecule has 1 heterocycles. The van der Waals surface area contributed by atoms with Crippen molar-refractivity contribution >= 4 is 34.9 Å². The Morgan fingerprint density at radius 2 is 1.89 bits per heavy atom. The van der Waals surface area contributed by atoms with Crippen molar-refractivity contribution < 1.29 is 24.2 Å². The predicted molar refractivity (Wildman–Crippen MR) is 106 cm³/mol. The number of phenols is 1. The van der Waals surface area contributed by atoms with Crippen molar-refractivity contribution in [3.8, 4) is 11.5 Å². The number of methoxy groups -OCH3 is 1. The fraction of sp³-hybridized carbons (Fsp3) is 0.150. The third-order valence-electron chi connectivity index (χ3n) is 4.05. The number of nitrogens with zero attached hydrogens (tertiary/aromatic N) is 1. The van der Waals surface area contributed by atoms with E-state index in [1.54, 1.807) is 37.4 Å². The lowest BCUT2D eigenvalue weighted by atomic mass is 10.2. The molecule has 0 radical (unpaired) electrons. The van der Waals surface area contributed by atoms with Crippen LogP contribution in [0.5, 0.6) is 11.5 Å². The van der Waals surface area contributed by atoms with Crippen LogP contribution in [0.4, 0.5) is 4.79 Å². The van der Waals surface area contributed by atoms with Gasteiger partial charge >= 0.3 is 0 Å². The van der Waals surface area contributed by atoms with E-state index in [2.05, 4.69) is 5.32 Å². The maximum Gasteiger partial charge on any atom is 0.294 e. The van der Waals surface area contributed by atoms with Crippen LogP contribution in [0.3, 0.4) is 0 Å². The number of benzene rings is 2. The molecule has 1 aliphatic rings. The summed E-state index contributed by atoms with van der Waals surface area (Å²) in [7, 11) is 1.57. The van der Waals surface area contributed by atoms with E-state index in [1.165, 1.54) is 12.1 Å². The molecule has 7 nitrogen and oxygen atoms in total. The van der Waals surface area contributed by atoms with E-state index in [0.29, 0.717) is 11.3 Å². The zero-order chi connectivity index (χ0) is 20.1. The Labute approximate surface area is 166 Å². The van der Waals surface area contributed by atoms with E-state index in [0.717, 1.165) is 22.2 Å². The van der Waals surface area contributed by atoms with Crippen LogP contribution >= 0.6 is 11.8 Å². The third-order valence-corrected chi connectivity index (χ3v) is 4.95. The molecule has 1 fully saturated rings. The van der Waals surface area contributed by atoms with Gasteiger partial charge in [-0.3, -0.25) is 19.3 Å². The Balaban J connectivity index is 1.60. The van der Waals surface area contributed by atoms with E-state index in [9.17, 15) is 19.5 Å². The van der Waals surface area contributed by atoms with Crippen LogP contribution in [0, 0.1) is 0 Å². The monoisotopic (exact) mass is 398 g/mol. The highest BCUT2D eigenvalue weighted by Gasteiger charge is 2.36. The fourth-order valence-electron chi connectivity index (χ4n) is 2.53. The summed E-state index contributed by atoms with van der Waals surface area (Å²) < 4.78 is 5.07. The summed E-state index contributed by atoms with van der Waals surface area (Å²) in [6.07, 6.45) is 1.44. The Hall–Kier alpha value is -3.26. The summed E-state index contributed by atoms with van der Waals surface area (Å²) in [5, 5.41) is 12.0. The van der Waals surface area contributed by atoms with E-state index < -0.39 is 17.1 Å². The third kappa shape index (κ3) is 4.52. The van der Waals surface area contributed by atoms with Crippen LogP contribution in [-0.2, 0) is 16.1 Å². The van der Waals surface area contributed by atoms with Gasteiger partial charge in [-0.15, -0.1) is 0 Å². The molecule has 8 heteroatoms. The van der Waals surface area contributed by atoms with Crippen molar-refractivity contribution in [3.05, 3.63) is 64.6 Å². The summed E-state index contributed by atoms with van der Waals surface area (Å²) in [5.74, 6) is -0.282. The number of ether oxygens (including phenoxy) is 1. The molecule has 144 valence electrons. The number of imide groups is 1. The predicted octanol–water partition coefficient (Wildman–Crippen LogP) is 2.75. The lowest BCUT2D eigenvalue weighted by molar-refractivity contribution is -0.129. The van der Waals surface area contributed by atoms with Gasteiger partial charge in [0.25, 0.3) is 11.1 Å². The quantitative estimate of drug-likeness (QED) is 0.727. The molecular weight excluding hydrogens is 380 g/mol. The molecule has 2 aromatic carbocycles. The molecule has 2 N–H and O–H groups in total. The summed E-state index contributed by atoms with van der Waals surface area (Å²) in [4.78, 5) is 37.8. The van der Waals surface area contributed by atoms with Gasteiger partial charge in [0.15, 0.2) is 0 Å². The average molecular weight is 398 g/mol. The molecule has 0 aromatic heterocycles. The first kappa shape index (κ1) is 19.5. The van der Waals surface area contributed by atoms with Crippen LogP contribution in [0.2, 0.25) is 0 Å². The first-order chi connectivity index (χ1) is 13.5. The topological polar surface area (TPSA) is 95.9 Å². The fourth-order valence-corrected chi connectivity index (χ4v) is 3.36. The molecule has 0 saturated carbocycles. The number of carbonyl (C=O) groups is 3. The molecule has 0 unspecified atom stereocenters. The van der Waals surface area contributed by atoms with Gasteiger partial charge in [0.2, 0.25) is 5.91 Å². The van der Waals surface area contributed by atoms with Gasteiger partial charge in [-0.2, -0.15) is 0 Å². The molecule has 1 saturated heterocycles. The van der Waals surface area contributed by atoms with Crippen LogP contribution < -0.4 is 10.1 Å². The summed E-state index contributed by atoms with van der Waals surface area (Å²) in [6, 6.07) is 13.7. The van der Waals surface area contributed by atoms with Gasteiger partial charge in [0.05, 0.1) is 12.0 Å². The molecular formula is C20H18N2O5S. The average Bonchev–Trinajstić information content (AvgIpc) is 2.96. The van der Waals surface area contributed by atoms with Crippen molar-refractivity contribution in [1.29, 1.82) is 0 Å². The van der Waals surface area contributed by atoms with E-state index >= 15 is 0 Å². The zero-order valence-electron chi connectivity index (χ0n) is 15.0. The van der Waals surface area contributed by atoms with Gasteiger partial charge in [0.1, 0.15) is 18.0 Å². The largest absolute Gasteiger partial charge is 0.507 e. The van der Waals surface area contributed by atoms with Crippen LogP contribution in [0.1, 0.15) is 11.1 Å². The van der Waals surface area contributed by atoms with Gasteiger partial charge in [-0.1, -0.05) is 30.3 Å². The number of hydrogen-bond acceptors (Lipinski definition) is 6. The number of carbonyl (C=O) groups excluding carboxylic acids is 3. The molecule has 0 bridgehead atoms. The first-order valence-electron chi connectivity index (χ1n) is 8.41. The minimum Gasteiger partial charge on any atom is -0.507 e. The number of hydrogen-bond donors (Lipinski definition) is 2. The van der Waals surface area contributed by atoms with Gasteiger partial charge in [0, 0.05) is 12.1 Å². The number of amides is 3. The highest BCUT2D eigenvalue weighted by Crippen LogP contribution is 2.33. The van der Waals surface area contributed by atoms with Crippen molar-refractivity contribution in [1.82, 2.24) is 10.2 Å². The molecule has 0 aliphatic carbocycles. The summed E-state index contributed by atoms with van der Waals surface area (Å²) >= 11 is 0.739. The summed E-state index contributed by atoms with van der Waals surface area (Å²) in [6.45, 7) is -0.0916. The summed E-state index contributed by atoms with van der Waals surface area (Å²) in [5.41, 5.74) is 1.29. The zero-order valence-corrected chi connectivity index (χ0v) is 15.9. The number of para-hydroxylation sites is 1. The Morgan fingerprint density at radius 1 is 1.18 bits per heavy atom. The maximum atomic E-state index is 12.5. The first-order valence-corrected chi connectivity index (χ1v) is 9.22. The van der Waals surface area contributed by atoms with Gasteiger partial charge in [-0.05, 0) is 41.6 Å². The molecule has 2 aromatic rings. The van der Waals surface area contributed by atoms with Crippen LogP contribution in [0.15, 0.2) is 53.4 Å². The Bertz CT molecular complexity index is 940. The second-order valence-corrected chi connectivity index (χ2v) is 6.94. The number of aromatic hydroxyl groups is 1. The van der Waals surface area contributed by atoms with E-state index in [4.69, 9.17) is 4.74 Å². The van der Waals surface area contributed by atoms with E-state index in [1.807, 2.05) is 12.1 Å². The van der Waals surface area contributed by atoms with Crippen LogP contribution in [-0.4, -0.2) is 40.7 Å². The van der Waals surface area contributed by atoms with Crippen molar-refractivity contribution in [2.75, 3.05) is 13.7 Å². The van der Waals surface area contributed by atoms with Crippen molar-refractivity contribution in [3.63, 3.8) is 0 Å². The Kier molecular flexibility index (Phi) is 6.00. The molecule has 0 atom stereocenters. The van der Waals surface area contributed by atoms with Gasteiger partial charge in [-0.25, -0.2) is 0 Å². The van der Waals surface area contributed by atoms with E-state index in [-0.39, 0.29) is 23.7 Å². The smallest absolute Gasteiger partial charge is 0.294 e. The highest BCUT2D eigenvalue weighted by atomic mass is 32.2. The van der Waals surface area contributed by atoms with Crippen LogP contribution in [0.25, 0.3) is 6.08 Å². The lowest BCUT2D eigenvalue weighted by Gasteiger charge is -2.12. The SMILES string of the molecule is COc1ccc(CNC(=O)CN2C(=O)S/C(=C\c3ccccc3O)C2=O)cc1. The minimum absolute atomic E-state index is 0.00605. The molecule has 0 spiro atoms. The standard InChI is InChI=1S/C20H18N2O5S/c1-27-15-8-6-13(7-9-15)11-21-18(24)12-22-19(25)17(28-20(22)26)10-14-4-2-3-5-16(14)23/h2-10,23H,11-12H2,1H3,(H,21,24)/b17-10-. The van der Waals surface area contributed by atoms with Crippen molar-refractivity contribution in [2.45, 2.75) is 6.54 Å². The van der Waals surface area contributed by atoms with Gasteiger partial charge < -0.3 is 15.2 Å². The van der Waals surface area contributed by atoms with Crippen molar-refractivity contribution in [2.24, 2.45) is 0 Å². The molecule has 1 aliphatic heterocycles. The number of rotatable bonds is 6. The normalized spacial score (nSPS) is 15.2. The highest BCUT2D eigenvalue weighted by molar-refractivity contribution is 8.18. The number of nitrogens with one attached hydrogen (secondary N) is 1. The molecule has 3 rings (SSSR count). The maximum absolute atomic E-state index is 12.5. The number of thioether (sulfide) groups is 1. The molecule has 3 amide bonds.